The molecule has 1 aromatic rings. The fraction of sp³-hybridized carbons (Fsp3) is 0.643. The first-order valence-electron chi connectivity index (χ1n) is 6.19. The molecule has 0 aliphatic rings. The van der Waals surface area contributed by atoms with Crippen LogP contribution < -0.4 is 4.74 Å². The smallest absolute Gasteiger partial charge is 0.212 e. The molecule has 4 nitrogen and oxygen atoms in total. The van der Waals surface area contributed by atoms with Crippen LogP contribution >= 0.6 is 0 Å². The summed E-state index contributed by atoms with van der Waals surface area (Å²) in [4.78, 5) is 4.12. The van der Waals surface area contributed by atoms with Crippen LogP contribution in [0.5, 0.6) is 5.88 Å². The van der Waals surface area contributed by atoms with Gasteiger partial charge in [0.1, 0.15) is 0 Å². The molecule has 1 heterocycles. The van der Waals surface area contributed by atoms with Crippen molar-refractivity contribution in [2.24, 2.45) is 0 Å². The summed E-state index contributed by atoms with van der Waals surface area (Å²) in [5.41, 5.74) is 0.831. The van der Waals surface area contributed by atoms with Gasteiger partial charge >= 0.3 is 0 Å². The third-order valence-electron chi connectivity index (χ3n) is 3.11. The standard InChI is InChI=1S/C14H23NO3/c1-14(2,18-4)8-7-12(16)9-11-5-6-13(17-3)15-10-11/h5-6,10,12,16H,7-9H2,1-4H3. The SMILES string of the molecule is COc1ccc(CC(O)CCC(C)(C)OC)cn1. The van der Waals surface area contributed by atoms with E-state index in [9.17, 15) is 5.11 Å². The molecule has 1 rings (SSSR count). The number of hydrogen-bond donors (Lipinski definition) is 1. The van der Waals surface area contributed by atoms with E-state index in [-0.39, 0.29) is 11.7 Å². The summed E-state index contributed by atoms with van der Waals surface area (Å²) in [5, 5.41) is 9.97. The van der Waals surface area contributed by atoms with E-state index in [1.54, 1.807) is 26.5 Å². The second kappa shape index (κ2) is 6.71. The van der Waals surface area contributed by atoms with Gasteiger partial charge in [0.05, 0.1) is 18.8 Å². The van der Waals surface area contributed by atoms with Gasteiger partial charge in [-0.15, -0.1) is 0 Å². The number of ether oxygens (including phenoxy) is 2. The lowest BCUT2D eigenvalue weighted by atomic mass is 9.97. The Morgan fingerprint density at radius 3 is 2.56 bits per heavy atom. The van der Waals surface area contributed by atoms with E-state index in [1.165, 1.54) is 0 Å². The lowest BCUT2D eigenvalue weighted by Gasteiger charge is -2.24. The second-order valence-electron chi connectivity index (χ2n) is 5.07. The number of methoxy groups -OCH3 is 2. The van der Waals surface area contributed by atoms with Gasteiger partial charge in [0.15, 0.2) is 0 Å². The molecule has 1 unspecified atom stereocenters. The number of hydrogen-bond acceptors (Lipinski definition) is 4. The van der Waals surface area contributed by atoms with E-state index in [1.807, 2.05) is 19.9 Å². The van der Waals surface area contributed by atoms with Crippen molar-refractivity contribution in [1.82, 2.24) is 4.98 Å². The molecule has 0 aliphatic heterocycles. The molecule has 4 heteroatoms. The number of aliphatic hydroxyl groups excluding tert-OH is 1. The van der Waals surface area contributed by atoms with Gasteiger partial charge in [-0.3, -0.25) is 0 Å². The summed E-state index contributed by atoms with van der Waals surface area (Å²) in [6.45, 7) is 4.04. The summed E-state index contributed by atoms with van der Waals surface area (Å²) in [6.07, 6.45) is 3.52. The van der Waals surface area contributed by atoms with E-state index in [2.05, 4.69) is 4.98 Å². The average molecular weight is 253 g/mol. The first-order chi connectivity index (χ1) is 8.46. The van der Waals surface area contributed by atoms with Gasteiger partial charge in [-0.25, -0.2) is 4.98 Å². The third-order valence-corrected chi connectivity index (χ3v) is 3.11. The monoisotopic (exact) mass is 253 g/mol. The Bertz CT molecular complexity index is 349. The van der Waals surface area contributed by atoms with Crippen molar-refractivity contribution in [3.8, 4) is 5.88 Å². The minimum Gasteiger partial charge on any atom is -0.481 e. The summed E-state index contributed by atoms with van der Waals surface area (Å²) >= 11 is 0. The highest BCUT2D eigenvalue weighted by Gasteiger charge is 2.18. The van der Waals surface area contributed by atoms with E-state index >= 15 is 0 Å². The fourth-order valence-corrected chi connectivity index (χ4v) is 1.64. The van der Waals surface area contributed by atoms with E-state index in [0.717, 1.165) is 12.0 Å². The molecule has 0 saturated carbocycles. The van der Waals surface area contributed by atoms with Crippen LogP contribution in [0.4, 0.5) is 0 Å². The average Bonchev–Trinajstić information content (AvgIpc) is 2.37. The molecule has 18 heavy (non-hydrogen) atoms. The Labute approximate surface area is 109 Å². The molecule has 1 aromatic heterocycles. The van der Waals surface area contributed by atoms with Gasteiger partial charge in [0.2, 0.25) is 5.88 Å². The highest BCUT2D eigenvalue weighted by Crippen LogP contribution is 2.18. The lowest BCUT2D eigenvalue weighted by molar-refractivity contribution is 0.00306. The van der Waals surface area contributed by atoms with Gasteiger partial charge in [-0.05, 0) is 38.7 Å². The maximum absolute atomic E-state index is 9.97. The maximum Gasteiger partial charge on any atom is 0.212 e. The zero-order valence-electron chi connectivity index (χ0n) is 11.6. The van der Waals surface area contributed by atoms with Crippen molar-refractivity contribution in [2.75, 3.05) is 14.2 Å². The Kier molecular flexibility index (Phi) is 5.56. The van der Waals surface area contributed by atoms with E-state index in [0.29, 0.717) is 18.7 Å². The number of aromatic nitrogens is 1. The first kappa shape index (κ1) is 14.9. The zero-order chi connectivity index (χ0) is 13.6. The molecule has 0 saturated heterocycles. The van der Waals surface area contributed by atoms with Gasteiger partial charge in [0, 0.05) is 19.4 Å². The Morgan fingerprint density at radius 1 is 1.33 bits per heavy atom. The molecule has 0 radical (unpaired) electrons. The van der Waals surface area contributed by atoms with Crippen LogP contribution in [0.2, 0.25) is 0 Å². The molecule has 1 atom stereocenters. The topological polar surface area (TPSA) is 51.6 Å². The van der Waals surface area contributed by atoms with Crippen molar-refractivity contribution < 1.29 is 14.6 Å². The largest absolute Gasteiger partial charge is 0.481 e. The van der Waals surface area contributed by atoms with Crippen LogP contribution in [0.1, 0.15) is 32.3 Å². The Morgan fingerprint density at radius 2 is 2.06 bits per heavy atom. The van der Waals surface area contributed by atoms with Crippen LogP contribution in [0.3, 0.4) is 0 Å². The van der Waals surface area contributed by atoms with Crippen LogP contribution in [0.15, 0.2) is 18.3 Å². The summed E-state index contributed by atoms with van der Waals surface area (Å²) in [5.74, 6) is 0.591. The number of pyridine rings is 1. The minimum absolute atomic E-state index is 0.181. The summed E-state index contributed by atoms with van der Waals surface area (Å²) in [6, 6.07) is 3.73. The molecule has 0 aromatic carbocycles. The van der Waals surface area contributed by atoms with E-state index in [4.69, 9.17) is 9.47 Å². The maximum atomic E-state index is 9.97. The number of nitrogens with zero attached hydrogens (tertiary/aromatic N) is 1. The number of aliphatic hydroxyl groups is 1. The van der Waals surface area contributed by atoms with Crippen molar-refractivity contribution >= 4 is 0 Å². The van der Waals surface area contributed by atoms with Crippen molar-refractivity contribution in [2.45, 2.75) is 44.8 Å². The Balaban J connectivity index is 2.41. The van der Waals surface area contributed by atoms with Crippen LogP contribution in [-0.4, -0.2) is 36.0 Å². The third kappa shape index (κ3) is 5.02. The van der Waals surface area contributed by atoms with Gasteiger partial charge in [-0.2, -0.15) is 0 Å². The Hall–Kier alpha value is -1.13. The zero-order valence-corrected chi connectivity index (χ0v) is 11.6. The molecule has 0 bridgehead atoms. The van der Waals surface area contributed by atoms with Crippen LogP contribution in [-0.2, 0) is 11.2 Å². The molecule has 0 spiro atoms. The van der Waals surface area contributed by atoms with Crippen molar-refractivity contribution in [1.29, 1.82) is 0 Å². The van der Waals surface area contributed by atoms with Crippen LogP contribution in [0, 0.1) is 0 Å². The minimum atomic E-state index is -0.366. The predicted molar refractivity (Wildman–Crippen MR) is 70.8 cm³/mol. The van der Waals surface area contributed by atoms with Crippen molar-refractivity contribution in [3.63, 3.8) is 0 Å². The van der Waals surface area contributed by atoms with Crippen molar-refractivity contribution in [3.05, 3.63) is 23.9 Å². The lowest BCUT2D eigenvalue weighted by Crippen LogP contribution is -2.25. The first-order valence-corrected chi connectivity index (χ1v) is 6.19. The van der Waals surface area contributed by atoms with Gasteiger partial charge in [0.25, 0.3) is 0 Å². The van der Waals surface area contributed by atoms with Gasteiger partial charge < -0.3 is 14.6 Å². The molecule has 0 aliphatic carbocycles. The molecule has 0 amide bonds. The highest BCUT2D eigenvalue weighted by atomic mass is 16.5. The quantitative estimate of drug-likeness (QED) is 0.809. The molecular weight excluding hydrogens is 230 g/mol. The molecule has 1 N–H and O–H groups in total. The number of rotatable bonds is 7. The van der Waals surface area contributed by atoms with E-state index < -0.39 is 0 Å². The molecule has 102 valence electrons. The fourth-order valence-electron chi connectivity index (χ4n) is 1.64. The molecule has 0 fully saturated rings. The normalized spacial score (nSPS) is 13.4. The summed E-state index contributed by atoms with van der Waals surface area (Å²) in [7, 11) is 3.28. The van der Waals surface area contributed by atoms with Gasteiger partial charge in [-0.1, -0.05) is 6.07 Å². The predicted octanol–water partition coefficient (Wildman–Crippen LogP) is 2.20. The second-order valence-corrected chi connectivity index (χ2v) is 5.07. The summed E-state index contributed by atoms with van der Waals surface area (Å²) < 4.78 is 10.3. The van der Waals surface area contributed by atoms with Crippen LogP contribution in [0.25, 0.3) is 0 Å². The highest BCUT2D eigenvalue weighted by molar-refractivity contribution is 5.18. The molecular formula is C14H23NO3.